The molecule has 1 unspecified atom stereocenters. The quantitative estimate of drug-likeness (QED) is 0.319. The van der Waals surface area contributed by atoms with Crippen LogP contribution in [-0.2, 0) is 0 Å². The van der Waals surface area contributed by atoms with Crippen molar-refractivity contribution in [3.8, 4) is 0 Å². The number of allylic oxidation sites excluding steroid dienone is 5. The smallest absolute Gasteiger partial charge is 0.0228 e. The lowest BCUT2D eigenvalue weighted by atomic mass is 9.88. The Bertz CT molecular complexity index is 458. The van der Waals surface area contributed by atoms with E-state index in [1.807, 2.05) is 6.92 Å². The third kappa shape index (κ3) is 41.5. The summed E-state index contributed by atoms with van der Waals surface area (Å²) in [5.74, 6) is 6.00. The third-order valence-electron chi connectivity index (χ3n) is 6.14. The first-order valence-corrected chi connectivity index (χ1v) is 14.4. The Labute approximate surface area is 220 Å². The molecule has 0 N–H and O–H groups in total. The lowest BCUT2D eigenvalue weighted by Crippen LogP contribution is -2.10. The van der Waals surface area contributed by atoms with E-state index in [-0.39, 0.29) is 0 Å². The maximum atomic E-state index is 3.80. The molecule has 1 rings (SSSR count). The molecule has 0 aromatic carbocycles. The van der Waals surface area contributed by atoms with Gasteiger partial charge in [-0.1, -0.05) is 119 Å². The highest BCUT2D eigenvalue weighted by molar-refractivity contribution is 4.96. The van der Waals surface area contributed by atoms with Crippen LogP contribution in [0.2, 0.25) is 0 Å². The van der Waals surface area contributed by atoms with Crippen LogP contribution in [0.3, 0.4) is 0 Å². The van der Waals surface area contributed by atoms with Crippen LogP contribution in [0.25, 0.3) is 0 Å². The predicted octanol–water partition coefficient (Wildman–Crippen LogP) is 12.6. The van der Waals surface area contributed by atoms with Crippen LogP contribution in [0.5, 0.6) is 0 Å². The molecule has 0 bridgehead atoms. The van der Waals surface area contributed by atoms with Crippen LogP contribution in [0, 0.1) is 41.4 Å². The Hall–Kier alpha value is -0.780. The van der Waals surface area contributed by atoms with Crippen LogP contribution < -0.4 is 0 Å². The zero-order valence-electron chi connectivity index (χ0n) is 27.0. The molecule has 0 aromatic heterocycles. The number of hydrogen-bond donors (Lipinski definition) is 0. The van der Waals surface area contributed by atoms with E-state index >= 15 is 0 Å². The maximum Gasteiger partial charge on any atom is -0.0228 e. The van der Waals surface area contributed by atoms with E-state index in [1.54, 1.807) is 0 Å². The van der Waals surface area contributed by atoms with Gasteiger partial charge in [0.2, 0.25) is 0 Å². The molecule has 0 saturated carbocycles. The second kappa shape index (κ2) is 26.8. The van der Waals surface area contributed by atoms with Crippen LogP contribution in [0.1, 0.15) is 143 Å². The molecule has 0 aromatic rings. The Morgan fingerprint density at radius 1 is 0.824 bits per heavy atom. The Morgan fingerprint density at radius 2 is 1.24 bits per heavy atom. The molecule has 34 heavy (non-hydrogen) atoms. The van der Waals surface area contributed by atoms with Crippen molar-refractivity contribution in [2.45, 2.75) is 143 Å². The minimum absolute atomic E-state index is 0.775. The Morgan fingerprint density at radius 3 is 1.35 bits per heavy atom. The molecule has 1 atom stereocenters. The summed E-state index contributed by atoms with van der Waals surface area (Å²) in [5, 5.41) is 0. The molecule has 0 fully saturated rings. The van der Waals surface area contributed by atoms with Gasteiger partial charge < -0.3 is 0 Å². The van der Waals surface area contributed by atoms with E-state index in [2.05, 4.69) is 129 Å². The van der Waals surface area contributed by atoms with Crippen LogP contribution in [0.15, 0.2) is 36.0 Å². The summed E-state index contributed by atoms with van der Waals surface area (Å²) >= 11 is 0. The minimum Gasteiger partial charge on any atom is -0.100 e. The maximum absolute atomic E-state index is 3.80. The molecule has 0 aliphatic heterocycles. The van der Waals surface area contributed by atoms with Crippen LogP contribution in [0.4, 0.5) is 0 Å². The summed E-state index contributed by atoms with van der Waals surface area (Å²) in [5.41, 5.74) is 2.67. The van der Waals surface area contributed by atoms with Crippen molar-refractivity contribution >= 4 is 0 Å². The van der Waals surface area contributed by atoms with Crippen molar-refractivity contribution < 1.29 is 0 Å². The number of rotatable bonds is 7. The van der Waals surface area contributed by atoms with E-state index in [0.717, 1.165) is 41.4 Å². The van der Waals surface area contributed by atoms with Crippen molar-refractivity contribution in [2.24, 2.45) is 41.4 Å². The second-order valence-corrected chi connectivity index (χ2v) is 12.5. The second-order valence-electron chi connectivity index (χ2n) is 12.5. The van der Waals surface area contributed by atoms with Crippen LogP contribution >= 0.6 is 0 Å². The molecule has 0 amide bonds. The molecule has 0 radical (unpaired) electrons. The number of hydrogen-bond acceptors (Lipinski definition) is 0. The lowest BCUT2D eigenvalue weighted by Gasteiger charge is -2.18. The average Bonchev–Trinajstić information content (AvgIpc) is 3.20. The van der Waals surface area contributed by atoms with E-state index in [1.165, 1.54) is 43.3 Å². The van der Waals surface area contributed by atoms with Gasteiger partial charge in [-0.15, -0.1) is 6.58 Å². The average molecular weight is 479 g/mol. The fraction of sp³-hybridized carbons (Fsp3) is 0.824. The van der Waals surface area contributed by atoms with E-state index < -0.39 is 0 Å². The summed E-state index contributed by atoms with van der Waals surface area (Å²) < 4.78 is 0. The third-order valence-corrected chi connectivity index (χ3v) is 6.14. The standard InChI is InChI=1S/C9H16.C8H18.C7H14.C5H12.C5H10/c1-8(2)7-9-5-3-4-6-9;1-6(2)8(5)7(3)4;1-6(2)5-7(3)4;2*1-4-5(2)3/h3,5,8-9H,4,6-7H2,1-2H3;6-8H,1-5H3;7H,1,5H2,2-4H3;5H,4H2,1-3H3;4H,1-3H3. The van der Waals surface area contributed by atoms with Gasteiger partial charge in [0.15, 0.2) is 0 Å². The van der Waals surface area contributed by atoms with Crippen molar-refractivity contribution in [1.29, 1.82) is 0 Å². The van der Waals surface area contributed by atoms with Gasteiger partial charge >= 0.3 is 0 Å². The van der Waals surface area contributed by atoms with Gasteiger partial charge in [0.05, 0.1) is 0 Å². The first kappa shape index (κ1) is 40.4. The molecule has 1 aliphatic rings. The van der Waals surface area contributed by atoms with E-state index in [0.29, 0.717) is 0 Å². The fourth-order valence-corrected chi connectivity index (χ4v) is 2.96. The van der Waals surface area contributed by atoms with Gasteiger partial charge in [0.1, 0.15) is 0 Å². The van der Waals surface area contributed by atoms with Gasteiger partial charge in [-0.3, -0.25) is 0 Å². The molecule has 0 spiro atoms. The SMILES string of the molecule is C=C(C)CC(C)C.CC(C)C(C)C(C)C.CC(C)CC1C=CCC1.CC=C(C)C.CCC(C)C. The molecule has 0 heteroatoms. The summed E-state index contributed by atoms with van der Waals surface area (Å²) in [6.07, 6.45) is 13.3. The highest BCUT2D eigenvalue weighted by atomic mass is 14.2. The topological polar surface area (TPSA) is 0 Å². The molecule has 0 heterocycles. The fourth-order valence-electron chi connectivity index (χ4n) is 2.96. The van der Waals surface area contributed by atoms with Crippen molar-refractivity contribution in [3.05, 3.63) is 36.0 Å². The monoisotopic (exact) mass is 479 g/mol. The van der Waals surface area contributed by atoms with Gasteiger partial charge in [0.25, 0.3) is 0 Å². The first-order chi connectivity index (χ1) is 15.5. The Balaban J connectivity index is -0.000000169. The summed E-state index contributed by atoms with van der Waals surface area (Å²) in [6, 6.07) is 0. The normalized spacial score (nSPS) is 14.1. The van der Waals surface area contributed by atoms with Gasteiger partial charge in [-0.25, -0.2) is 0 Å². The van der Waals surface area contributed by atoms with Crippen molar-refractivity contribution in [2.75, 3.05) is 0 Å². The van der Waals surface area contributed by atoms with E-state index in [9.17, 15) is 0 Å². The Kier molecular flexibility index (Phi) is 31.9. The summed E-state index contributed by atoms with van der Waals surface area (Å²) in [7, 11) is 0. The van der Waals surface area contributed by atoms with E-state index in [4.69, 9.17) is 0 Å². The molecule has 0 nitrogen and oxygen atoms in total. The highest BCUT2D eigenvalue weighted by Gasteiger charge is 2.10. The molecule has 0 saturated heterocycles. The van der Waals surface area contributed by atoms with Crippen LogP contribution in [-0.4, -0.2) is 0 Å². The molecule has 1 aliphatic carbocycles. The molecule has 206 valence electrons. The van der Waals surface area contributed by atoms with Gasteiger partial charge in [-0.2, -0.15) is 0 Å². The van der Waals surface area contributed by atoms with Gasteiger partial charge in [0, 0.05) is 0 Å². The zero-order valence-corrected chi connectivity index (χ0v) is 27.0. The largest absolute Gasteiger partial charge is 0.100 e. The summed E-state index contributed by atoms with van der Waals surface area (Å²) in [6.45, 7) is 39.2. The van der Waals surface area contributed by atoms with Crippen molar-refractivity contribution in [3.63, 3.8) is 0 Å². The zero-order chi connectivity index (χ0) is 27.9. The molecular formula is C34H70. The highest BCUT2D eigenvalue weighted by Crippen LogP contribution is 2.23. The minimum atomic E-state index is 0.775. The van der Waals surface area contributed by atoms with Gasteiger partial charge in [-0.05, 0) is 94.8 Å². The van der Waals surface area contributed by atoms with Crippen molar-refractivity contribution in [1.82, 2.24) is 0 Å². The first-order valence-electron chi connectivity index (χ1n) is 14.4. The lowest BCUT2D eigenvalue weighted by molar-refractivity contribution is 0.316. The predicted molar refractivity (Wildman–Crippen MR) is 165 cm³/mol. The summed E-state index contributed by atoms with van der Waals surface area (Å²) in [4.78, 5) is 0. The molecular weight excluding hydrogens is 408 g/mol.